The lowest BCUT2D eigenvalue weighted by molar-refractivity contribution is -0.151. The molecular formula is C15H17F2NO4. The molecule has 2 rings (SSSR count). The molecule has 0 bridgehead atoms. The van der Waals surface area contributed by atoms with E-state index in [-0.39, 0.29) is 12.2 Å². The monoisotopic (exact) mass is 313 g/mol. The molecule has 0 saturated carbocycles. The number of carbonyl (C=O) groups excluding carboxylic acids is 1. The van der Waals surface area contributed by atoms with Gasteiger partial charge in [0.25, 0.3) is 0 Å². The summed E-state index contributed by atoms with van der Waals surface area (Å²) in [4.78, 5) is 24.9. The van der Waals surface area contributed by atoms with E-state index < -0.39 is 24.5 Å². The summed E-state index contributed by atoms with van der Waals surface area (Å²) in [6.45, 7) is -2.61. The van der Waals surface area contributed by atoms with Crippen molar-refractivity contribution in [2.45, 2.75) is 38.3 Å². The molecule has 0 aliphatic carbocycles. The lowest BCUT2D eigenvalue weighted by Gasteiger charge is -2.33. The normalized spacial score (nSPS) is 18.3. The number of hydrogen-bond acceptors (Lipinski definition) is 3. The number of piperidine rings is 1. The number of benzene rings is 1. The molecule has 1 N–H and O–H groups in total. The minimum absolute atomic E-state index is 0.0604. The zero-order valence-corrected chi connectivity index (χ0v) is 11.9. The number of aliphatic carboxylic acids is 1. The van der Waals surface area contributed by atoms with E-state index in [0.29, 0.717) is 18.5 Å². The standard InChI is InChI=1S/C15H17F2NO4/c16-15(17)22-12-7-2-1-5-10(12)9-13(19)18-8-4-3-6-11(18)14(20)21/h1-2,5,7,11,15H,3-4,6,8-9H2,(H,20,21)/t11-/m1/s1. The Morgan fingerprint density at radius 2 is 2.05 bits per heavy atom. The number of carboxylic acid groups (broad SMARTS) is 1. The molecule has 22 heavy (non-hydrogen) atoms. The lowest BCUT2D eigenvalue weighted by Crippen LogP contribution is -2.48. The lowest BCUT2D eigenvalue weighted by atomic mass is 10.0. The maximum absolute atomic E-state index is 12.4. The van der Waals surface area contributed by atoms with Crippen LogP contribution in [0.25, 0.3) is 0 Å². The van der Waals surface area contributed by atoms with Gasteiger partial charge in [0.2, 0.25) is 5.91 Å². The van der Waals surface area contributed by atoms with Crippen LogP contribution >= 0.6 is 0 Å². The predicted molar refractivity (Wildman–Crippen MR) is 73.8 cm³/mol. The third kappa shape index (κ3) is 3.93. The largest absolute Gasteiger partial charge is 0.480 e. The second kappa shape index (κ2) is 7.20. The third-order valence-electron chi connectivity index (χ3n) is 3.64. The van der Waals surface area contributed by atoms with Crippen LogP contribution < -0.4 is 4.74 Å². The average molecular weight is 313 g/mol. The summed E-state index contributed by atoms with van der Waals surface area (Å²) in [5, 5.41) is 9.18. The van der Waals surface area contributed by atoms with E-state index in [4.69, 9.17) is 0 Å². The van der Waals surface area contributed by atoms with Crippen molar-refractivity contribution in [3.8, 4) is 5.75 Å². The van der Waals surface area contributed by atoms with Crippen LogP contribution in [0.3, 0.4) is 0 Å². The molecular weight excluding hydrogens is 296 g/mol. The first-order valence-electron chi connectivity index (χ1n) is 7.04. The number of nitrogens with zero attached hydrogens (tertiary/aromatic N) is 1. The molecule has 1 aromatic rings. The highest BCUT2D eigenvalue weighted by atomic mass is 19.3. The summed E-state index contributed by atoms with van der Waals surface area (Å²) in [5.41, 5.74) is 0.322. The van der Waals surface area contributed by atoms with Crippen LogP contribution in [0.1, 0.15) is 24.8 Å². The first-order chi connectivity index (χ1) is 10.5. The number of para-hydroxylation sites is 1. The van der Waals surface area contributed by atoms with Crippen LogP contribution in [0.15, 0.2) is 24.3 Å². The number of alkyl halides is 2. The number of rotatable bonds is 5. The van der Waals surface area contributed by atoms with Gasteiger partial charge >= 0.3 is 12.6 Å². The Bertz CT molecular complexity index is 550. The van der Waals surface area contributed by atoms with E-state index in [0.717, 1.165) is 12.8 Å². The second-order valence-corrected chi connectivity index (χ2v) is 5.10. The van der Waals surface area contributed by atoms with Gasteiger partial charge in [0.05, 0.1) is 6.42 Å². The molecule has 7 heteroatoms. The summed E-state index contributed by atoms with van der Waals surface area (Å²) >= 11 is 0. The van der Waals surface area contributed by atoms with Gasteiger partial charge in [-0.05, 0) is 25.3 Å². The van der Waals surface area contributed by atoms with Crippen LogP contribution in [0.5, 0.6) is 5.75 Å². The van der Waals surface area contributed by atoms with Crippen molar-refractivity contribution in [3.05, 3.63) is 29.8 Å². The van der Waals surface area contributed by atoms with Gasteiger partial charge in [-0.1, -0.05) is 18.2 Å². The Balaban J connectivity index is 2.12. The predicted octanol–water partition coefficient (Wildman–Crippen LogP) is 2.30. The maximum atomic E-state index is 12.4. The van der Waals surface area contributed by atoms with Crippen molar-refractivity contribution < 1.29 is 28.2 Å². The number of likely N-dealkylation sites (tertiary alicyclic amines) is 1. The zero-order chi connectivity index (χ0) is 16.1. The summed E-state index contributed by atoms with van der Waals surface area (Å²) in [7, 11) is 0. The van der Waals surface area contributed by atoms with Crippen LogP contribution in [-0.4, -0.2) is 41.1 Å². The molecule has 1 aromatic carbocycles. The fourth-order valence-corrected chi connectivity index (χ4v) is 2.61. The molecule has 1 amide bonds. The van der Waals surface area contributed by atoms with Gasteiger partial charge in [-0.3, -0.25) is 4.79 Å². The number of carbonyl (C=O) groups is 2. The van der Waals surface area contributed by atoms with E-state index in [2.05, 4.69) is 4.74 Å². The first kappa shape index (κ1) is 16.2. The van der Waals surface area contributed by atoms with Crippen molar-refractivity contribution in [1.29, 1.82) is 0 Å². The average Bonchev–Trinajstić information content (AvgIpc) is 2.48. The molecule has 0 unspecified atom stereocenters. The minimum Gasteiger partial charge on any atom is -0.480 e. The highest BCUT2D eigenvalue weighted by molar-refractivity contribution is 5.85. The minimum atomic E-state index is -2.97. The highest BCUT2D eigenvalue weighted by Gasteiger charge is 2.32. The second-order valence-electron chi connectivity index (χ2n) is 5.10. The van der Waals surface area contributed by atoms with Crippen LogP contribution in [-0.2, 0) is 16.0 Å². The first-order valence-corrected chi connectivity index (χ1v) is 7.04. The van der Waals surface area contributed by atoms with Crippen molar-refractivity contribution in [2.75, 3.05) is 6.54 Å². The van der Waals surface area contributed by atoms with E-state index >= 15 is 0 Å². The Morgan fingerprint density at radius 1 is 1.32 bits per heavy atom. The van der Waals surface area contributed by atoms with Crippen molar-refractivity contribution in [2.24, 2.45) is 0 Å². The van der Waals surface area contributed by atoms with Crippen molar-refractivity contribution in [3.63, 3.8) is 0 Å². The van der Waals surface area contributed by atoms with Crippen molar-refractivity contribution >= 4 is 11.9 Å². The molecule has 5 nitrogen and oxygen atoms in total. The number of ether oxygens (including phenoxy) is 1. The Morgan fingerprint density at radius 3 is 2.73 bits per heavy atom. The van der Waals surface area contributed by atoms with Crippen LogP contribution in [0, 0.1) is 0 Å². The summed E-state index contributed by atoms with van der Waals surface area (Å²) < 4.78 is 29.1. The molecule has 1 aliphatic rings. The summed E-state index contributed by atoms with van der Waals surface area (Å²) in [6, 6.07) is 5.19. The van der Waals surface area contributed by atoms with Gasteiger partial charge < -0.3 is 14.7 Å². The molecule has 1 aliphatic heterocycles. The molecule has 1 saturated heterocycles. The molecule has 1 atom stereocenters. The maximum Gasteiger partial charge on any atom is 0.387 e. The number of amides is 1. The number of carboxylic acids is 1. The number of halogens is 2. The van der Waals surface area contributed by atoms with Gasteiger partial charge in [0, 0.05) is 12.1 Å². The van der Waals surface area contributed by atoms with Gasteiger partial charge in [-0.15, -0.1) is 0 Å². The van der Waals surface area contributed by atoms with E-state index in [1.165, 1.54) is 23.1 Å². The van der Waals surface area contributed by atoms with Crippen LogP contribution in [0.4, 0.5) is 8.78 Å². The molecule has 0 spiro atoms. The van der Waals surface area contributed by atoms with Gasteiger partial charge in [-0.25, -0.2) is 4.79 Å². The topological polar surface area (TPSA) is 66.8 Å². The Labute approximate surface area is 126 Å². The quantitative estimate of drug-likeness (QED) is 0.906. The van der Waals surface area contributed by atoms with E-state index in [1.54, 1.807) is 6.07 Å². The molecule has 0 radical (unpaired) electrons. The summed E-state index contributed by atoms with van der Waals surface area (Å²) in [5.74, 6) is -1.49. The highest BCUT2D eigenvalue weighted by Crippen LogP contribution is 2.23. The summed E-state index contributed by atoms with van der Waals surface area (Å²) in [6.07, 6.45) is 1.75. The molecule has 120 valence electrons. The van der Waals surface area contributed by atoms with Gasteiger partial charge in [-0.2, -0.15) is 8.78 Å². The van der Waals surface area contributed by atoms with Gasteiger partial charge in [0.15, 0.2) is 0 Å². The SMILES string of the molecule is O=C(O)[C@H]1CCCCN1C(=O)Cc1ccccc1OC(F)F. The van der Waals surface area contributed by atoms with Crippen LogP contribution in [0.2, 0.25) is 0 Å². The van der Waals surface area contributed by atoms with Crippen molar-refractivity contribution in [1.82, 2.24) is 4.90 Å². The van der Waals surface area contributed by atoms with Gasteiger partial charge in [0.1, 0.15) is 11.8 Å². The molecule has 0 aromatic heterocycles. The molecule has 1 heterocycles. The fourth-order valence-electron chi connectivity index (χ4n) is 2.61. The number of hydrogen-bond donors (Lipinski definition) is 1. The smallest absolute Gasteiger partial charge is 0.387 e. The zero-order valence-electron chi connectivity index (χ0n) is 11.9. The third-order valence-corrected chi connectivity index (χ3v) is 3.64. The van der Waals surface area contributed by atoms with E-state index in [1.807, 2.05) is 0 Å². The van der Waals surface area contributed by atoms with E-state index in [9.17, 15) is 23.5 Å². The molecule has 1 fully saturated rings. The Kier molecular flexibility index (Phi) is 5.30. The fraction of sp³-hybridized carbons (Fsp3) is 0.467. The Hall–Kier alpha value is -2.18.